The number of rotatable bonds is 1. The van der Waals surface area contributed by atoms with Gasteiger partial charge in [-0.2, -0.15) is 0 Å². The second kappa shape index (κ2) is 7.39. The highest BCUT2D eigenvalue weighted by Crippen LogP contribution is 2.30. The summed E-state index contributed by atoms with van der Waals surface area (Å²) in [5.74, 6) is 0. The zero-order valence-electron chi connectivity index (χ0n) is 6.47. The molecule has 0 amide bonds. The van der Waals surface area contributed by atoms with Gasteiger partial charge in [0.15, 0.2) is 0 Å². The van der Waals surface area contributed by atoms with E-state index in [0.29, 0.717) is 7.92 Å². The molecule has 52 valence electrons. The predicted octanol–water partition coefficient (Wildman–Crippen LogP) is 1.74. The third-order valence-electron chi connectivity index (χ3n) is 1.03. The summed E-state index contributed by atoms with van der Waals surface area (Å²) >= 11 is 0. The first kappa shape index (κ1) is 11.2. The average Bonchev–Trinajstić information content (AvgIpc) is 1.72. The van der Waals surface area contributed by atoms with E-state index in [-0.39, 0.29) is 0 Å². The summed E-state index contributed by atoms with van der Waals surface area (Å²) < 4.78 is 0. The zero-order chi connectivity index (χ0) is 7.15. The van der Waals surface area contributed by atoms with Crippen LogP contribution in [0, 0.1) is 0 Å². The Morgan fingerprint density at radius 1 is 1.12 bits per heavy atom. The first-order valence-electron chi connectivity index (χ1n) is 2.75. The fourth-order valence-electron chi connectivity index (χ4n) is 0. The molecule has 0 aliphatic heterocycles. The third kappa shape index (κ3) is 9.63. The summed E-state index contributed by atoms with van der Waals surface area (Å²) in [6.07, 6.45) is 0. The molecule has 0 radical (unpaired) electrons. The molecule has 0 aromatic rings. The van der Waals surface area contributed by atoms with Gasteiger partial charge in [-0.1, -0.05) is 13.8 Å². The van der Waals surface area contributed by atoms with Crippen LogP contribution in [0.5, 0.6) is 0 Å². The minimum atomic E-state index is 0.341. The van der Waals surface area contributed by atoms with Crippen molar-refractivity contribution in [3.05, 3.63) is 0 Å². The van der Waals surface area contributed by atoms with Crippen LogP contribution in [0.25, 0.3) is 0 Å². The molecule has 0 saturated carbocycles. The van der Waals surface area contributed by atoms with Crippen molar-refractivity contribution < 1.29 is 5.11 Å². The third-order valence-corrected chi connectivity index (χ3v) is 3.10. The van der Waals surface area contributed by atoms with Crippen LogP contribution >= 0.6 is 7.92 Å². The molecule has 1 nitrogen and oxygen atoms in total. The lowest BCUT2D eigenvalue weighted by atomic mass is 10.6. The number of aliphatic hydroxyl groups excluding tert-OH is 1. The van der Waals surface area contributed by atoms with E-state index in [9.17, 15) is 0 Å². The van der Waals surface area contributed by atoms with E-state index in [0.717, 1.165) is 12.8 Å². The van der Waals surface area contributed by atoms with Gasteiger partial charge in [-0.05, 0) is 19.0 Å². The Morgan fingerprint density at radius 3 is 1.25 bits per heavy atom. The highest BCUT2D eigenvalue weighted by atomic mass is 31.1. The zero-order valence-corrected chi connectivity index (χ0v) is 7.37. The van der Waals surface area contributed by atoms with E-state index in [1.165, 1.54) is 0 Å². The van der Waals surface area contributed by atoms with Crippen molar-refractivity contribution in [3.8, 4) is 0 Å². The monoisotopic (exact) mass is 136 g/mol. The maximum atomic E-state index is 7.00. The Bertz CT molecular complexity index is 29.5. The van der Waals surface area contributed by atoms with Crippen molar-refractivity contribution in [2.24, 2.45) is 0 Å². The van der Waals surface area contributed by atoms with Crippen molar-refractivity contribution in [2.75, 3.05) is 20.4 Å². The first-order chi connectivity index (χ1) is 3.64. The molecule has 0 atom stereocenters. The van der Waals surface area contributed by atoms with Gasteiger partial charge in [-0.15, -0.1) is 7.92 Å². The smallest absolute Gasteiger partial charge is 0.0319 e. The Hall–Kier alpha value is 0.390. The Kier molecular flexibility index (Phi) is 10.4. The maximum absolute atomic E-state index is 7.00. The lowest BCUT2D eigenvalue weighted by Gasteiger charge is -2.06. The van der Waals surface area contributed by atoms with Gasteiger partial charge in [0, 0.05) is 7.11 Å². The molecule has 0 aromatic carbocycles. The van der Waals surface area contributed by atoms with Gasteiger partial charge in [-0.25, -0.2) is 0 Å². The van der Waals surface area contributed by atoms with Gasteiger partial charge < -0.3 is 5.11 Å². The van der Waals surface area contributed by atoms with Crippen LogP contribution in [0.3, 0.4) is 0 Å². The maximum Gasteiger partial charge on any atom is 0.0319 e. The number of aliphatic hydroxyl groups is 1. The van der Waals surface area contributed by atoms with Crippen molar-refractivity contribution in [1.82, 2.24) is 0 Å². The highest BCUT2D eigenvalue weighted by molar-refractivity contribution is 7.56. The highest BCUT2D eigenvalue weighted by Gasteiger charge is 1.94. The molecule has 0 bridgehead atoms. The van der Waals surface area contributed by atoms with Crippen LogP contribution in [0.4, 0.5) is 0 Å². The first-order valence-corrected chi connectivity index (χ1v) is 5.06. The standard InChI is InChI=1S/C5H13P.CH4O/c1-5(2)6(3)4;1-2/h5H,1-4H3;2H,1H3. The molecule has 0 unspecified atom stereocenters. The lowest BCUT2D eigenvalue weighted by Crippen LogP contribution is -1.86. The fraction of sp³-hybridized carbons (Fsp3) is 1.00. The molecule has 0 saturated heterocycles. The molecule has 0 heterocycles. The SMILES string of the molecule is CC(C)P(C)C.CO. The van der Waals surface area contributed by atoms with Gasteiger partial charge in [-0.3, -0.25) is 0 Å². The minimum absolute atomic E-state index is 0.341. The van der Waals surface area contributed by atoms with Gasteiger partial charge in [0.1, 0.15) is 0 Å². The number of hydrogen-bond donors (Lipinski definition) is 1. The predicted molar refractivity (Wildman–Crippen MR) is 42.0 cm³/mol. The quantitative estimate of drug-likeness (QED) is 0.544. The van der Waals surface area contributed by atoms with Crippen molar-refractivity contribution in [3.63, 3.8) is 0 Å². The molecule has 8 heavy (non-hydrogen) atoms. The van der Waals surface area contributed by atoms with Crippen molar-refractivity contribution in [1.29, 1.82) is 0 Å². The van der Waals surface area contributed by atoms with E-state index in [1.54, 1.807) is 0 Å². The van der Waals surface area contributed by atoms with Crippen molar-refractivity contribution in [2.45, 2.75) is 19.5 Å². The molecule has 0 spiro atoms. The number of hydrogen-bond acceptors (Lipinski definition) is 1. The molecular weight excluding hydrogens is 119 g/mol. The normalized spacial score (nSPS) is 9.00. The van der Waals surface area contributed by atoms with Crippen LogP contribution in [0.15, 0.2) is 0 Å². The van der Waals surface area contributed by atoms with E-state index < -0.39 is 0 Å². The Labute approximate surface area is 53.9 Å². The van der Waals surface area contributed by atoms with Crippen LogP contribution in [-0.4, -0.2) is 31.2 Å². The fourth-order valence-corrected chi connectivity index (χ4v) is 0. The van der Waals surface area contributed by atoms with Gasteiger partial charge in [0.25, 0.3) is 0 Å². The van der Waals surface area contributed by atoms with Crippen LogP contribution in [-0.2, 0) is 0 Å². The van der Waals surface area contributed by atoms with E-state index >= 15 is 0 Å². The van der Waals surface area contributed by atoms with Crippen molar-refractivity contribution >= 4 is 7.92 Å². The Balaban J connectivity index is 0. The Morgan fingerprint density at radius 2 is 1.25 bits per heavy atom. The molecule has 1 N–H and O–H groups in total. The largest absolute Gasteiger partial charge is 0.400 e. The molecular formula is C6H17OP. The average molecular weight is 136 g/mol. The van der Waals surface area contributed by atoms with Crippen LogP contribution < -0.4 is 0 Å². The molecule has 2 heteroatoms. The minimum Gasteiger partial charge on any atom is -0.400 e. The van der Waals surface area contributed by atoms with Gasteiger partial charge in [0.05, 0.1) is 0 Å². The molecule has 0 aliphatic carbocycles. The second-order valence-corrected chi connectivity index (χ2v) is 5.02. The summed E-state index contributed by atoms with van der Waals surface area (Å²) in [6, 6.07) is 0. The topological polar surface area (TPSA) is 20.2 Å². The summed E-state index contributed by atoms with van der Waals surface area (Å²) in [7, 11) is 1.34. The summed E-state index contributed by atoms with van der Waals surface area (Å²) in [5, 5.41) is 7.00. The molecule has 0 aromatic heterocycles. The second-order valence-electron chi connectivity index (χ2n) is 2.06. The molecule has 0 aliphatic rings. The van der Waals surface area contributed by atoms with Gasteiger partial charge in [0.2, 0.25) is 0 Å². The summed E-state index contributed by atoms with van der Waals surface area (Å²) in [5.41, 5.74) is 0.917. The molecule has 0 rings (SSSR count). The summed E-state index contributed by atoms with van der Waals surface area (Å²) in [6.45, 7) is 9.15. The van der Waals surface area contributed by atoms with Gasteiger partial charge >= 0.3 is 0 Å². The van der Waals surface area contributed by atoms with Crippen LogP contribution in [0.1, 0.15) is 13.8 Å². The molecule has 0 fully saturated rings. The van der Waals surface area contributed by atoms with E-state index in [2.05, 4.69) is 27.2 Å². The van der Waals surface area contributed by atoms with E-state index in [4.69, 9.17) is 5.11 Å². The summed E-state index contributed by atoms with van der Waals surface area (Å²) in [4.78, 5) is 0. The lowest BCUT2D eigenvalue weighted by molar-refractivity contribution is 0.399. The van der Waals surface area contributed by atoms with Crippen LogP contribution in [0.2, 0.25) is 0 Å². The van der Waals surface area contributed by atoms with E-state index in [1.807, 2.05) is 0 Å².